The van der Waals surface area contributed by atoms with Gasteiger partial charge in [0.25, 0.3) is 0 Å². The van der Waals surface area contributed by atoms with Crippen molar-refractivity contribution in [1.29, 1.82) is 5.26 Å². The topological polar surface area (TPSA) is 94.6 Å². The molecule has 0 spiro atoms. The van der Waals surface area contributed by atoms with Crippen LogP contribution in [0.1, 0.15) is 17.0 Å². The van der Waals surface area contributed by atoms with E-state index < -0.39 is 17.7 Å². The van der Waals surface area contributed by atoms with Gasteiger partial charge in [-0.25, -0.2) is 9.18 Å². The Morgan fingerprint density at radius 3 is 2.53 bits per heavy atom. The highest BCUT2D eigenvalue weighted by Crippen LogP contribution is 2.45. The summed E-state index contributed by atoms with van der Waals surface area (Å²) in [5.74, 6) is -0.747. The van der Waals surface area contributed by atoms with Gasteiger partial charge in [0.2, 0.25) is 5.88 Å². The predicted molar refractivity (Wildman–Crippen MR) is 115 cm³/mol. The fourth-order valence-electron chi connectivity index (χ4n) is 3.36. The Labute approximate surface area is 188 Å². The van der Waals surface area contributed by atoms with Gasteiger partial charge in [0.1, 0.15) is 34.7 Å². The van der Waals surface area contributed by atoms with Gasteiger partial charge in [-0.05, 0) is 42.0 Å². The first-order valence-corrected chi connectivity index (χ1v) is 9.89. The molecular formula is C24H16ClFN2O4. The molecule has 0 saturated carbocycles. The van der Waals surface area contributed by atoms with E-state index in [4.69, 9.17) is 31.5 Å². The van der Waals surface area contributed by atoms with E-state index >= 15 is 0 Å². The molecule has 1 aliphatic rings. The van der Waals surface area contributed by atoms with Crippen molar-refractivity contribution < 1.29 is 23.4 Å². The molecule has 1 aliphatic heterocycles. The van der Waals surface area contributed by atoms with E-state index in [2.05, 4.69) is 6.07 Å². The molecule has 0 aliphatic carbocycles. The first kappa shape index (κ1) is 21.2. The first-order chi connectivity index (χ1) is 15.5. The second kappa shape index (κ2) is 9.00. The molecule has 0 aromatic heterocycles. The maximum absolute atomic E-state index is 12.9. The van der Waals surface area contributed by atoms with Crippen molar-refractivity contribution >= 4 is 17.6 Å². The normalized spacial score (nSPS) is 14.7. The van der Waals surface area contributed by atoms with E-state index in [1.54, 1.807) is 24.3 Å². The second-order valence-electron chi connectivity index (χ2n) is 6.86. The van der Waals surface area contributed by atoms with Crippen molar-refractivity contribution in [3.05, 3.63) is 100 Å². The van der Waals surface area contributed by atoms with Crippen LogP contribution in [0.5, 0.6) is 17.2 Å². The van der Waals surface area contributed by atoms with Crippen molar-refractivity contribution in [2.75, 3.05) is 6.61 Å². The van der Waals surface area contributed by atoms with Gasteiger partial charge in [0.15, 0.2) is 6.61 Å². The number of ether oxygens (including phenoxy) is 3. The summed E-state index contributed by atoms with van der Waals surface area (Å²) < 4.78 is 29.2. The molecule has 32 heavy (non-hydrogen) atoms. The summed E-state index contributed by atoms with van der Waals surface area (Å²) in [5, 5.41) is 10.1. The van der Waals surface area contributed by atoms with Gasteiger partial charge < -0.3 is 19.9 Å². The molecule has 2 N–H and O–H groups in total. The van der Waals surface area contributed by atoms with Crippen LogP contribution in [0.25, 0.3) is 0 Å². The Bertz CT molecular complexity index is 1250. The third-order valence-electron chi connectivity index (χ3n) is 4.81. The smallest absolute Gasteiger partial charge is 0.349 e. The van der Waals surface area contributed by atoms with Crippen LogP contribution in [-0.2, 0) is 4.79 Å². The van der Waals surface area contributed by atoms with Crippen molar-refractivity contribution in [2.24, 2.45) is 5.73 Å². The number of carbonyl (C=O) groups is 1. The SMILES string of the molecule is N#CC1=C(N)Oc2cc(OC(=O)COc3ccc(F)cc3)ccc2C1c1ccccc1Cl. The number of nitrogens with zero attached hydrogens (tertiary/aromatic N) is 1. The Balaban J connectivity index is 1.55. The van der Waals surface area contributed by atoms with Crippen molar-refractivity contribution in [1.82, 2.24) is 0 Å². The maximum atomic E-state index is 12.9. The molecule has 0 fully saturated rings. The van der Waals surface area contributed by atoms with Gasteiger partial charge in [0, 0.05) is 16.7 Å². The molecule has 1 atom stereocenters. The van der Waals surface area contributed by atoms with Crippen LogP contribution >= 0.6 is 11.6 Å². The van der Waals surface area contributed by atoms with E-state index in [-0.39, 0.29) is 23.8 Å². The number of hydrogen-bond acceptors (Lipinski definition) is 6. The van der Waals surface area contributed by atoms with E-state index in [1.807, 2.05) is 12.1 Å². The van der Waals surface area contributed by atoms with Crippen LogP contribution in [0.4, 0.5) is 4.39 Å². The van der Waals surface area contributed by atoms with Crippen LogP contribution < -0.4 is 19.9 Å². The van der Waals surface area contributed by atoms with Crippen molar-refractivity contribution in [2.45, 2.75) is 5.92 Å². The number of carbonyl (C=O) groups excluding carboxylic acids is 1. The number of hydrogen-bond donors (Lipinski definition) is 1. The largest absolute Gasteiger partial charge is 0.482 e. The van der Waals surface area contributed by atoms with E-state index in [0.717, 1.165) is 0 Å². The summed E-state index contributed by atoms with van der Waals surface area (Å²) in [4.78, 5) is 12.2. The third kappa shape index (κ3) is 4.36. The fraction of sp³-hybridized carbons (Fsp3) is 0.0833. The van der Waals surface area contributed by atoms with Crippen LogP contribution in [0.15, 0.2) is 78.2 Å². The molecule has 0 saturated heterocycles. The lowest BCUT2D eigenvalue weighted by atomic mass is 9.83. The molecule has 3 aromatic rings. The van der Waals surface area contributed by atoms with Gasteiger partial charge in [-0.2, -0.15) is 5.26 Å². The number of rotatable bonds is 5. The fourth-order valence-corrected chi connectivity index (χ4v) is 3.61. The van der Waals surface area contributed by atoms with E-state index in [0.29, 0.717) is 27.6 Å². The zero-order valence-corrected chi connectivity index (χ0v) is 17.3. The summed E-state index contributed by atoms with van der Waals surface area (Å²) in [7, 11) is 0. The minimum atomic E-state index is -0.658. The molecule has 1 unspecified atom stereocenters. The van der Waals surface area contributed by atoms with Gasteiger partial charge in [-0.3, -0.25) is 0 Å². The van der Waals surface area contributed by atoms with Gasteiger partial charge in [-0.1, -0.05) is 35.9 Å². The zero-order valence-electron chi connectivity index (χ0n) is 16.5. The molecule has 6 nitrogen and oxygen atoms in total. The monoisotopic (exact) mass is 450 g/mol. The zero-order chi connectivity index (χ0) is 22.7. The number of allylic oxidation sites excluding steroid dienone is 1. The Kier molecular flexibility index (Phi) is 5.97. The van der Waals surface area contributed by atoms with Crippen molar-refractivity contribution in [3.8, 4) is 23.3 Å². The molecule has 8 heteroatoms. The highest BCUT2D eigenvalue weighted by molar-refractivity contribution is 6.31. The Morgan fingerprint density at radius 2 is 1.81 bits per heavy atom. The average molecular weight is 451 g/mol. The predicted octanol–water partition coefficient (Wildman–Crippen LogP) is 4.68. The molecule has 0 amide bonds. The minimum Gasteiger partial charge on any atom is -0.482 e. The van der Waals surface area contributed by atoms with Crippen LogP contribution in [0.3, 0.4) is 0 Å². The first-order valence-electron chi connectivity index (χ1n) is 9.51. The molecule has 0 bridgehead atoms. The highest BCUT2D eigenvalue weighted by Gasteiger charge is 2.32. The number of benzene rings is 3. The highest BCUT2D eigenvalue weighted by atomic mass is 35.5. The summed E-state index contributed by atoms with van der Waals surface area (Å²) >= 11 is 6.37. The van der Waals surface area contributed by atoms with Crippen LogP contribution in [0.2, 0.25) is 5.02 Å². The lowest BCUT2D eigenvalue weighted by Crippen LogP contribution is -2.22. The van der Waals surface area contributed by atoms with Gasteiger partial charge in [-0.15, -0.1) is 0 Å². The standard InChI is InChI=1S/C24H16ClFN2O4/c25-20-4-2-1-3-17(20)23-18-10-9-16(11-21(18)32-24(28)19(23)12-27)31-22(29)13-30-15-7-5-14(26)6-8-15/h1-11,23H,13,28H2. The molecule has 160 valence electrons. The summed E-state index contributed by atoms with van der Waals surface area (Å²) in [6.45, 7) is -0.369. The molecule has 4 rings (SSSR count). The van der Waals surface area contributed by atoms with E-state index in [9.17, 15) is 14.4 Å². The van der Waals surface area contributed by atoms with E-state index in [1.165, 1.54) is 30.3 Å². The Morgan fingerprint density at radius 1 is 1.09 bits per heavy atom. The molecular weight excluding hydrogens is 435 g/mol. The average Bonchev–Trinajstić information content (AvgIpc) is 2.78. The van der Waals surface area contributed by atoms with Crippen LogP contribution in [0, 0.1) is 17.1 Å². The molecule has 1 heterocycles. The molecule has 0 radical (unpaired) electrons. The van der Waals surface area contributed by atoms with Gasteiger partial charge >= 0.3 is 5.97 Å². The van der Waals surface area contributed by atoms with Gasteiger partial charge in [0.05, 0.1) is 5.92 Å². The summed E-state index contributed by atoms with van der Waals surface area (Å²) in [6, 6.07) is 19.3. The quantitative estimate of drug-likeness (QED) is 0.448. The Hall–Kier alpha value is -4.02. The lowest BCUT2D eigenvalue weighted by molar-refractivity contribution is -0.136. The number of halogens is 2. The maximum Gasteiger partial charge on any atom is 0.349 e. The number of nitrogens with two attached hydrogens (primary N) is 1. The van der Waals surface area contributed by atoms with Crippen LogP contribution in [-0.4, -0.2) is 12.6 Å². The molecule has 3 aromatic carbocycles. The number of esters is 1. The minimum absolute atomic E-state index is 0.0481. The number of nitriles is 1. The lowest BCUT2D eigenvalue weighted by Gasteiger charge is -2.27. The number of fused-ring (bicyclic) bond motifs is 1. The second-order valence-corrected chi connectivity index (χ2v) is 7.27. The summed E-state index contributed by atoms with van der Waals surface area (Å²) in [5.41, 5.74) is 7.60. The summed E-state index contributed by atoms with van der Waals surface area (Å²) in [6.07, 6.45) is 0. The van der Waals surface area contributed by atoms with Crippen molar-refractivity contribution in [3.63, 3.8) is 0 Å². The third-order valence-corrected chi connectivity index (χ3v) is 5.15.